The maximum absolute atomic E-state index is 11.2. The molecule has 0 aromatic rings. The molecule has 0 amide bonds. The molecule has 4 N–H and O–H groups in total. The fourth-order valence-corrected chi connectivity index (χ4v) is 6.54. The molecule has 0 saturated carbocycles. The summed E-state index contributed by atoms with van der Waals surface area (Å²) in [5.41, 5.74) is -3.70. The first kappa shape index (κ1) is 37.5. The molecule has 0 aromatic heterocycles. The van der Waals surface area contributed by atoms with Crippen LogP contribution in [0.3, 0.4) is 0 Å². The van der Waals surface area contributed by atoms with Crippen molar-refractivity contribution in [1.82, 2.24) is 0 Å². The molecule has 0 radical (unpaired) electrons. The van der Waals surface area contributed by atoms with E-state index in [-0.39, 0.29) is 9.65 Å². The van der Waals surface area contributed by atoms with Gasteiger partial charge in [0, 0.05) is 9.65 Å². The van der Waals surface area contributed by atoms with Gasteiger partial charge in [-0.2, -0.15) is 0 Å². The summed E-state index contributed by atoms with van der Waals surface area (Å²) >= 11 is 20.1. The van der Waals surface area contributed by atoms with Crippen LogP contribution in [-0.4, -0.2) is 86.6 Å². The molecule has 40 heavy (non-hydrogen) atoms. The molecule has 0 aliphatic carbocycles. The third-order valence-electron chi connectivity index (χ3n) is 9.44. The summed E-state index contributed by atoms with van der Waals surface area (Å²) in [4.78, 5) is -0.749. The van der Waals surface area contributed by atoms with Crippen LogP contribution in [0.5, 0.6) is 0 Å². The molecule has 10 atom stereocenters. The second-order valence-electron chi connectivity index (χ2n) is 14.4. The third kappa shape index (κ3) is 9.90. The standard InChI is InChI=1S/C30H54Br2Cl2O6/c1-25(2,33)19(31)11-15-27(5,37)23-13-17-29(7,39-23)21(35)9-10-22(36)30(8)18-14-24(40-30)28(6,38)16-12-20(32)26(3,4)34/h19-24,35-38H,9-18H2,1-8H3/t19?,20?,21-,22-,23?,24?,27?,28?,29?,30?/m1/s1. The summed E-state index contributed by atoms with van der Waals surface area (Å²) in [6, 6.07) is 0. The fourth-order valence-electron chi connectivity index (χ4n) is 5.86. The van der Waals surface area contributed by atoms with E-state index >= 15 is 0 Å². The van der Waals surface area contributed by atoms with Crippen LogP contribution in [0.2, 0.25) is 0 Å². The average Bonchev–Trinajstić information content (AvgIpc) is 3.44. The Bertz CT molecular complexity index is 751. The van der Waals surface area contributed by atoms with Crippen molar-refractivity contribution in [2.75, 3.05) is 0 Å². The Kier molecular flexibility index (Phi) is 12.9. The van der Waals surface area contributed by atoms with Crippen molar-refractivity contribution in [3.8, 4) is 0 Å². The highest BCUT2D eigenvalue weighted by molar-refractivity contribution is 9.09. The minimum Gasteiger partial charge on any atom is -0.390 e. The van der Waals surface area contributed by atoms with Crippen LogP contribution in [0.1, 0.15) is 120 Å². The zero-order chi connectivity index (χ0) is 30.9. The van der Waals surface area contributed by atoms with Gasteiger partial charge in [-0.15, -0.1) is 23.2 Å². The van der Waals surface area contributed by atoms with Gasteiger partial charge < -0.3 is 29.9 Å². The summed E-state index contributed by atoms with van der Waals surface area (Å²) in [6.07, 6.45) is 3.28. The number of aliphatic hydroxyl groups excluding tert-OH is 2. The van der Waals surface area contributed by atoms with Crippen molar-refractivity contribution in [2.45, 2.75) is 186 Å². The first-order valence-electron chi connectivity index (χ1n) is 14.8. The van der Waals surface area contributed by atoms with Crippen molar-refractivity contribution >= 4 is 55.1 Å². The smallest absolute Gasteiger partial charge is 0.0918 e. The van der Waals surface area contributed by atoms with Gasteiger partial charge in [0.05, 0.1) is 56.6 Å². The number of hydrogen-bond donors (Lipinski definition) is 4. The molecule has 0 bridgehead atoms. The molecule has 2 heterocycles. The lowest BCUT2D eigenvalue weighted by molar-refractivity contribution is -0.172. The Balaban J connectivity index is 1.89. The van der Waals surface area contributed by atoms with Crippen LogP contribution in [-0.2, 0) is 9.47 Å². The quantitative estimate of drug-likeness (QED) is 0.135. The minimum atomic E-state index is -1.05. The molecular formula is C30H54Br2Cl2O6. The lowest BCUT2D eigenvalue weighted by Crippen LogP contribution is -2.47. The maximum Gasteiger partial charge on any atom is 0.0918 e. The zero-order valence-electron chi connectivity index (χ0n) is 25.7. The Morgan fingerprint density at radius 2 is 1.00 bits per heavy atom. The molecule has 0 aromatic carbocycles. The fraction of sp³-hybridized carbons (Fsp3) is 1.00. The highest BCUT2D eigenvalue weighted by atomic mass is 79.9. The molecule has 2 fully saturated rings. The summed E-state index contributed by atoms with van der Waals surface area (Å²) in [6.45, 7) is 15.1. The highest BCUT2D eigenvalue weighted by Gasteiger charge is 2.50. The van der Waals surface area contributed by atoms with E-state index in [1.54, 1.807) is 13.8 Å². The average molecular weight is 741 g/mol. The number of halogens is 4. The largest absolute Gasteiger partial charge is 0.390 e. The van der Waals surface area contributed by atoms with E-state index in [2.05, 4.69) is 31.9 Å². The lowest BCUT2D eigenvalue weighted by Gasteiger charge is -2.38. The Morgan fingerprint density at radius 1 is 0.700 bits per heavy atom. The normalized spacial score (nSPS) is 34.2. The van der Waals surface area contributed by atoms with Gasteiger partial charge >= 0.3 is 0 Å². The zero-order valence-corrected chi connectivity index (χ0v) is 30.3. The molecule has 6 nitrogen and oxygen atoms in total. The number of aliphatic hydroxyl groups is 4. The Hall–Kier alpha value is 1.30. The van der Waals surface area contributed by atoms with Gasteiger partial charge in [-0.3, -0.25) is 0 Å². The first-order chi connectivity index (χ1) is 17.9. The summed E-state index contributed by atoms with van der Waals surface area (Å²) < 4.78 is 12.6. The lowest BCUT2D eigenvalue weighted by atomic mass is 9.85. The summed E-state index contributed by atoms with van der Waals surface area (Å²) in [5, 5.41) is 44.6. The molecule has 2 rings (SSSR count). The second-order valence-corrected chi connectivity index (χ2v) is 18.5. The number of alkyl halides is 4. The molecular weight excluding hydrogens is 687 g/mol. The minimum absolute atomic E-state index is 0.0505. The Labute approximate surface area is 269 Å². The molecule has 10 heteroatoms. The molecule has 2 aliphatic rings. The number of rotatable bonds is 15. The van der Waals surface area contributed by atoms with Crippen LogP contribution in [0, 0.1) is 0 Å². The van der Waals surface area contributed by atoms with Gasteiger partial charge in [-0.1, -0.05) is 31.9 Å². The molecule has 238 valence electrons. The molecule has 2 aliphatic heterocycles. The van der Waals surface area contributed by atoms with Crippen molar-refractivity contribution in [2.24, 2.45) is 0 Å². The van der Waals surface area contributed by atoms with Crippen molar-refractivity contribution in [3.05, 3.63) is 0 Å². The van der Waals surface area contributed by atoms with Crippen LogP contribution in [0.15, 0.2) is 0 Å². The molecule has 2 saturated heterocycles. The number of hydrogen-bond acceptors (Lipinski definition) is 6. The van der Waals surface area contributed by atoms with Gasteiger partial charge in [0.25, 0.3) is 0 Å². The van der Waals surface area contributed by atoms with Gasteiger partial charge in [0.15, 0.2) is 0 Å². The van der Waals surface area contributed by atoms with E-state index in [1.807, 2.05) is 41.5 Å². The van der Waals surface area contributed by atoms with E-state index in [0.29, 0.717) is 64.2 Å². The maximum atomic E-state index is 11.2. The number of ether oxygens (including phenoxy) is 2. The van der Waals surface area contributed by atoms with Gasteiger partial charge in [-0.25, -0.2) is 0 Å². The van der Waals surface area contributed by atoms with E-state index in [0.717, 1.165) is 0 Å². The van der Waals surface area contributed by atoms with Crippen molar-refractivity contribution in [3.63, 3.8) is 0 Å². The van der Waals surface area contributed by atoms with Gasteiger partial charge in [0.1, 0.15) is 0 Å². The van der Waals surface area contributed by atoms with E-state index in [9.17, 15) is 20.4 Å². The van der Waals surface area contributed by atoms with Gasteiger partial charge in [0.2, 0.25) is 0 Å². The van der Waals surface area contributed by atoms with Crippen LogP contribution >= 0.6 is 55.1 Å². The SMILES string of the molecule is CC(C)(Cl)C(Br)CCC(C)(O)C1CCC(C)([C@H](O)CC[C@@H](O)C2(C)CCC(C(C)(O)CCC(Br)C(C)(C)Cl)O2)O1. The van der Waals surface area contributed by atoms with E-state index in [4.69, 9.17) is 32.7 Å². The van der Waals surface area contributed by atoms with Crippen molar-refractivity contribution in [1.29, 1.82) is 0 Å². The Morgan fingerprint density at radius 3 is 1.27 bits per heavy atom. The summed E-state index contributed by atoms with van der Waals surface area (Å²) in [7, 11) is 0. The molecule has 0 spiro atoms. The van der Waals surface area contributed by atoms with Crippen LogP contribution in [0.25, 0.3) is 0 Å². The van der Waals surface area contributed by atoms with Crippen molar-refractivity contribution < 1.29 is 29.9 Å². The van der Waals surface area contributed by atoms with Crippen LogP contribution < -0.4 is 0 Å². The predicted octanol–water partition coefficient (Wildman–Crippen LogP) is 6.99. The third-order valence-corrected chi connectivity index (χ3v) is 13.7. The van der Waals surface area contributed by atoms with Gasteiger partial charge in [-0.05, 0) is 120 Å². The monoisotopic (exact) mass is 738 g/mol. The molecule has 8 unspecified atom stereocenters. The van der Waals surface area contributed by atoms with E-state index < -0.39 is 56.6 Å². The summed E-state index contributed by atoms with van der Waals surface area (Å²) in [5.74, 6) is 0. The highest BCUT2D eigenvalue weighted by Crippen LogP contribution is 2.44. The van der Waals surface area contributed by atoms with E-state index in [1.165, 1.54) is 0 Å². The topological polar surface area (TPSA) is 99.4 Å². The predicted molar refractivity (Wildman–Crippen MR) is 171 cm³/mol. The first-order valence-corrected chi connectivity index (χ1v) is 17.3. The second kappa shape index (κ2) is 13.7. The van der Waals surface area contributed by atoms with Crippen LogP contribution in [0.4, 0.5) is 0 Å².